The fraction of sp³-hybridized carbons (Fsp3) is 0.148. The quantitative estimate of drug-likeness (QED) is 0.561. The van der Waals surface area contributed by atoms with Crippen LogP contribution in [0.5, 0.6) is 0 Å². The number of fused-ring (bicyclic) bond motifs is 1. The van der Waals surface area contributed by atoms with Crippen LogP contribution in [-0.2, 0) is 10.3 Å². The lowest BCUT2D eigenvalue weighted by molar-refractivity contribution is -0.114. The predicted molar refractivity (Wildman–Crippen MR) is 121 cm³/mol. The van der Waals surface area contributed by atoms with Crippen LogP contribution in [0.3, 0.4) is 0 Å². The van der Waals surface area contributed by atoms with Crippen molar-refractivity contribution in [3.05, 3.63) is 126 Å². The molecule has 1 unspecified atom stereocenters. The summed E-state index contributed by atoms with van der Waals surface area (Å²) in [6.45, 7) is 5.96. The number of allylic oxidation sites excluding steroid dienone is 5. The molecule has 2 aromatic rings. The van der Waals surface area contributed by atoms with Gasteiger partial charge in [-0.1, -0.05) is 91.6 Å². The van der Waals surface area contributed by atoms with Crippen LogP contribution in [0.15, 0.2) is 120 Å². The van der Waals surface area contributed by atoms with Gasteiger partial charge in [0.05, 0.1) is 0 Å². The van der Waals surface area contributed by atoms with Crippen molar-refractivity contribution >= 4 is 11.6 Å². The van der Waals surface area contributed by atoms with E-state index < -0.39 is 5.54 Å². The Balaban J connectivity index is 2.14. The Hall–Kier alpha value is -3.39. The fourth-order valence-electron chi connectivity index (χ4n) is 4.52. The molecule has 29 heavy (non-hydrogen) atoms. The molecule has 144 valence electrons. The van der Waals surface area contributed by atoms with Gasteiger partial charge in [0.25, 0.3) is 5.91 Å². The van der Waals surface area contributed by atoms with Crippen molar-refractivity contribution in [2.24, 2.45) is 0 Å². The summed E-state index contributed by atoms with van der Waals surface area (Å²) < 4.78 is 0. The normalized spacial score (nSPS) is 21.8. The molecule has 2 aliphatic rings. The van der Waals surface area contributed by atoms with Crippen molar-refractivity contribution in [3.8, 4) is 0 Å². The maximum atomic E-state index is 13.8. The zero-order valence-corrected chi connectivity index (χ0v) is 16.7. The summed E-state index contributed by atoms with van der Waals surface area (Å²) in [4.78, 5) is 15.7. The van der Waals surface area contributed by atoms with Gasteiger partial charge in [-0.3, -0.25) is 9.69 Å². The highest BCUT2D eigenvalue weighted by Crippen LogP contribution is 2.54. The second-order valence-electron chi connectivity index (χ2n) is 7.22. The Kier molecular flexibility index (Phi) is 5.18. The van der Waals surface area contributed by atoms with Crippen LogP contribution in [0.2, 0.25) is 0 Å². The van der Waals surface area contributed by atoms with Gasteiger partial charge in [-0.2, -0.15) is 0 Å². The molecule has 0 saturated carbocycles. The first-order chi connectivity index (χ1) is 14.2. The molecule has 1 heterocycles. The minimum atomic E-state index is -0.730. The third kappa shape index (κ3) is 2.92. The van der Waals surface area contributed by atoms with E-state index >= 15 is 0 Å². The summed E-state index contributed by atoms with van der Waals surface area (Å²) in [5.74, 6) is 0.0467. The van der Waals surface area contributed by atoms with Gasteiger partial charge in [0.15, 0.2) is 0 Å². The number of anilines is 1. The standard InChI is InChI=1S/C27H25NO/c1-3-13-21(14-4-2)27(22-15-7-5-8-16-22)25-20-12-11-19-24(25)26(29)28(27)23-17-9-6-10-18-23/h3-10,13-20H,1,11-12H2,2H3/b14-4-,21-13+. The first kappa shape index (κ1) is 18.9. The van der Waals surface area contributed by atoms with E-state index in [1.807, 2.05) is 72.5 Å². The molecule has 4 rings (SSSR count). The van der Waals surface area contributed by atoms with Crippen molar-refractivity contribution < 1.29 is 4.79 Å². The molecule has 0 radical (unpaired) electrons. The molecule has 0 spiro atoms. The lowest BCUT2D eigenvalue weighted by Crippen LogP contribution is -2.46. The number of benzene rings is 2. The van der Waals surface area contributed by atoms with Gasteiger partial charge in [0.1, 0.15) is 5.54 Å². The van der Waals surface area contributed by atoms with Crippen LogP contribution in [0.25, 0.3) is 0 Å². The van der Waals surface area contributed by atoms with E-state index in [2.05, 4.69) is 36.9 Å². The van der Waals surface area contributed by atoms with E-state index in [-0.39, 0.29) is 5.91 Å². The molecule has 1 amide bonds. The second-order valence-corrected chi connectivity index (χ2v) is 7.22. The SMILES string of the molecule is C=C/C=C(\C=C/C)C1(c2ccccc2)C2=CCCC=C2C(=O)N1c1ccccc1. The monoisotopic (exact) mass is 379 g/mol. The van der Waals surface area contributed by atoms with Crippen molar-refractivity contribution in [3.63, 3.8) is 0 Å². The molecule has 1 saturated heterocycles. The first-order valence-electron chi connectivity index (χ1n) is 10.1. The molecular formula is C27H25NO. The second kappa shape index (κ2) is 7.92. The number of para-hydroxylation sites is 1. The number of carbonyl (C=O) groups is 1. The van der Waals surface area contributed by atoms with E-state index in [1.54, 1.807) is 6.08 Å². The van der Waals surface area contributed by atoms with Gasteiger partial charge in [0, 0.05) is 11.3 Å². The van der Waals surface area contributed by atoms with Gasteiger partial charge < -0.3 is 0 Å². The minimum Gasteiger partial charge on any atom is -0.290 e. The highest BCUT2D eigenvalue weighted by atomic mass is 16.2. The molecule has 1 atom stereocenters. The molecule has 2 aromatic carbocycles. The Bertz CT molecular complexity index is 1040. The van der Waals surface area contributed by atoms with Crippen LogP contribution in [0.4, 0.5) is 5.69 Å². The number of hydrogen-bond donors (Lipinski definition) is 0. The Morgan fingerprint density at radius 2 is 1.66 bits per heavy atom. The third-order valence-electron chi connectivity index (χ3n) is 5.58. The summed E-state index contributed by atoms with van der Waals surface area (Å²) in [5, 5.41) is 0. The maximum absolute atomic E-state index is 13.8. The summed E-state index contributed by atoms with van der Waals surface area (Å²) in [6.07, 6.45) is 14.1. The van der Waals surface area contributed by atoms with Crippen LogP contribution >= 0.6 is 0 Å². The lowest BCUT2D eigenvalue weighted by Gasteiger charge is -2.41. The van der Waals surface area contributed by atoms with Crippen LogP contribution in [0, 0.1) is 0 Å². The molecule has 1 fully saturated rings. The highest BCUT2D eigenvalue weighted by molar-refractivity contribution is 6.16. The fourth-order valence-corrected chi connectivity index (χ4v) is 4.52. The molecule has 0 aromatic heterocycles. The van der Waals surface area contributed by atoms with E-state index in [1.165, 1.54) is 0 Å². The zero-order chi connectivity index (χ0) is 20.3. The van der Waals surface area contributed by atoms with Crippen molar-refractivity contribution in [1.82, 2.24) is 0 Å². The van der Waals surface area contributed by atoms with Gasteiger partial charge in [-0.15, -0.1) is 0 Å². The van der Waals surface area contributed by atoms with Crippen molar-refractivity contribution in [2.45, 2.75) is 25.3 Å². The topological polar surface area (TPSA) is 20.3 Å². The van der Waals surface area contributed by atoms with E-state index in [0.717, 1.165) is 40.8 Å². The van der Waals surface area contributed by atoms with E-state index in [4.69, 9.17) is 0 Å². The van der Waals surface area contributed by atoms with Crippen LogP contribution in [-0.4, -0.2) is 5.91 Å². The van der Waals surface area contributed by atoms with Gasteiger partial charge in [-0.05, 0) is 48.6 Å². The molecular weight excluding hydrogens is 354 g/mol. The van der Waals surface area contributed by atoms with E-state index in [0.29, 0.717) is 0 Å². The van der Waals surface area contributed by atoms with Gasteiger partial charge in [0.2, 0.25) is 0 Å². The number of amides is 1. The third-order valence-corrected chi connectivity index (χ3v) is 5.58. The molecule has 2 nitrogen and oxygen atoms in total. The van der Waals surface area contributed by atoms with E-state index in [9.17, 15) is 4.79 Å². The average Bonchev–Trinajstić information content (AvgIpc) is 3.04. The maximum Gasteiger partial charge on any atom is 0.259 e. The number of rotatable bonds is 5. The Morgan fingerprint density at radius 3 is 2.31 bits per heavy atom. The lowest BCUT2D eigenvalue weighted by atomic mass is 9.73. The molecule has 1 aliphatic heterocycles. The Labute approximate surface area is 172 Å². The molecule has 0 N–H and O–H groups in total. The molecule has 1 aliphatic carbocycles. The van der Waals surface area contributed by atoms with Crippen LogP contribution in [0.1, 0.15) is 25.3 Å². The minimum absolute atomic E-state index is 0.0467. The zero-order valence-electron chi connectivity index (χ0n) is 16.7. The van der Waals surface area contributed by atoms with Crippen LogP contribution < -0.4 is 4.90 Å². The van der Waals surface area contributed by atoms with Gasteiger partial charge in [-0.25, -0.2) is 0 Å². The first-order valence-corrected chi connectivity index (χ1v) is 10.1. The number of hydrogen-bond acceptors (Lipinski definition) is 1. The molecule has 0 bridgehead atoms. The summed E-state index contributed by atoms with van der Waals surface area (Å²) in [5.41, 5.74) is 4.12. The number of nitrogens with zero attached hydrogens (tertiary/aromatic N) is 1. The predicted octanol–water partition coefficient (Wildman–Crippen LogP) is 6.26. The van der Waals surface area contributed by atoms with Crippen molar-refractivity contribution in [1.29, 1.82) is 0 Å². The summed E-state index contributed by atoms with van der Waals surface area (Å²) in [6, 6.07) is 20.3. The smallest absolute Gasteiger partial charge is 0.259 e. The summed E-state index contributed by atoms with van der Waals surface area (Å²) in [7, 11) is 0. The Morgan fingerprint density at radius 1 is 1.00 bits per heavy atom. The highest BCUT2D eigenvalue weighted by Gasteiger charge is 2.55. The largest absolute Gasteiger partial charge is 0.290 e. The number of carbonyl (C=O) groups excluding carboxylic acids is 1. The average molecular weight is 380 g/mol. The summed E-state index contributed by atoms with van der Waals surface area (Å²) >= 11 is 0. The van der Waals surface area contributed by atoms with Gasteiger partial charge >= 0.3 is 0 Å². The molecule has 2 heteroatoms. The van der Waals surface area contributed by atoms with Crippen molar-refractivity contribution in [2.75, 3.05) is 4.90 Å².